The molecule has 0 aromatic rings. The molecule has 0 heterocycles. The molecule has 1 atom stereocenters. The second-order valence-electron chi connectivity index (χ2n) is 1.05. The monoisotopic (exact) mass is 356 g/mol. The number of carbonyl (C=O) groups is 1. The standard InChI is InChI=1S/C3H5BrO2.Tl/c1-2(4)3(5)6;/h2H,1H3,(H,5,6);/q;+1/p-1. The van der Waals surface area contributed by atoms with Crippen LogP contribution in [0.15, 0.2) is 0 Å². The van der Waals surface area contributed by atoms with E-state index in [0.29, 0.717) is 26.2 Å². The molecule has 0 aliphatic rings. The topological polar surface area (TPSA) is 26.3 Å². The van der Waals surface area contributed by atoms with Gasteiger partial charge in [0.1, 0.15) is 0 Å². The van der Waals surface area contributed by atoms with Crippen molar-refractivity contribution in [2.45, 2.75) is 11.8 Å². The van der Waals surface area contributed by atoms with Gasteiger partial charge in [-0.1, -0.05) is 0 Å². The molecule has 0 amide bonds. The molecule has 2 nitrogen and oxygen atoms in total. The van der Waals surface area contributed by atoms with E-state index in [4.69, 9.17) is 0 Å². The predicted molar refractivity (Wildman–Crippen MR) is 30.2 cm³/mol. The Morgan fingerprint density at radius 3 is 2.43 bits per heavy atom. The van der Waals surface area contributed by atoms with Crippen LogP contribution in [-0.4, -0.2) is 37.0 Å². The Morgan fingerprint density at radius 1 is 2.00 bits per heavy atom. The van der Waals surface area contributed by atoms with Crippen LogP contribution in [0.25, 0.3) is 0 Å². The summed E-state index contributed by atoms with van der Waals surface area (Å²) >= 11 is 3.37. The van der Waals surface area contributed by atoms with Crippen molar-refractivity contribution in [1.82, 2.24) is 0 Å². The molecule has 4 heteroatoms. The SMILES string of the molecule is CC(Br)C(=O)[O][Tl]. The third-order valence-electron chi connectivity index (χ3n) is 0.441. The van der Waals surface area contributed by atoms with Crippen molar-refractivity contribution in [1.29, 1.82) is 0 Å². The summed E-state index contributed by atoms with van der Waals surface area (Å²) in [6, 6.07) is 0. The molecule has 0 aromatic heterocycles. The molecule has 0 saturated carbocycles. The van der Waals surface area contributed by atoms with Crippen LogP contribution < -0.4 is 0 Å². The van der Waals surface area contributed by atoms with Crippen molar-refractivity contribution in [2.75, 3.05) is 0 Å². The molecular formula is C3H4BrO2Tl. The predicted octanol–water partition coefficient (Wildman–Crippen LogP) is 0.396. The van der Waals surface area contributed by atoms with Gasteiger partial charge in [-0.3, -0.25) is 0 Å². The molecule has 0 fully saturated rings. The summed E-state index contributed by atoms with van der Waals surface area (Å²) < 4.78 is 4.49. The summed E-state index contributed by atoms with van der Waals surface area (Å²) in [6.45, 7) is 1.74. The summed E-state index contributed by atoms with van der Waals surface area (Å²) in [6.07, 6.45) is 0. The second-order valence-corrected chi connectivity index (χ2v) is 3.34. The van der Waals surface area contributed by atoms with E-state index in [9.17, 15) is 4.79 Å². The van der Waals surface area contributed by atoms with Crippen LogP contribution in [0.1, 0.15) is 6.92 Å². The van der Waals surface area contributed by atoms with Gasteiger partial charge in [-0.05, 0) is 0 Å². The fraction of sp³-hybridized carbons (Fsp3) is 0.667. The number of hydrogen-bond donors (Lipinski definition) is 0. The zero-order chi connectivity index (χ0) is 5.86. The molecule has 38 valence electrons. The first-order valence-electron chi connectivity index (χ1n) is 1.73. The zero-order valence-corrected chi connectivity index (χ0v) is 9.92. The maximum absolute atomic E-state index is 10.3. The van der Waals surface area contributed by atoms with Gasteiger partial charge in [-0.2, -0.15) is 0 Å². The third kappa shape index (κ3) is 3.45. The van der Waals surface area contributed by atoms with Crippen molar-refractivity contribution in [3.8, 4) is 0 Å². The minimum atomic E-state index is -0.162. The number of carbonyl (C=O) groups excluding carboxylic acids is 1. The molecule has 7 heavy (non-hydrogen) atoms. The molecule has 0 aromatic carbocycles. The van der Waals surface area contributed by atoms with Gasteiger partial charge in [0.2, 0.25) is 0 Å². The van der Waals surface area contributed by atoms with Gasteiger partial charge < -0.3 is 0 Å². The minimum absolute atomic E-state index is 0.141. The third-order valence-corrected chi connectivity index (χ3v) is 1.72. The molecular weight excluding hydrogens is 352 g/mol. The summed E-state index contributed by atoms with van der Waals surface area (Å²) in [5.74, 6) is -0.162. The molecule has 0 radical (unpaired) electrons. The average molecular weight is 356 g/mol. The van der Waals surface area contributed by atoms with Gasteiger partial charge in [-0.25, -0.2) is 0 Å². The first-order valence-corrected chi connectivity index (χ1v) is 4.48. The summed E-state index contributed by atoms with van der Waals surface area (Å²) in [7, 11) is 0. The quantitative estimate of drug-likeness (QED) is 0.502. The van der Waals surface area contributed by atoms with Gasteiger partial charge >= 0.3 is 67.4 Å². The molecule has 0 aliphatic carbocycles. The Kier molecular flexibility index (Phi) is 4.30. The Labute approximate surface area is 67.1 Å². The molecule has 0 aliphatic heterocycles. The van der Waals surface area contributed by atoms with Gasteiger partial charge in [-0.15, -0.1) is 0 Å². The molecule has 0 rings (SSSR count). The number of halogens is 1. The van der Waals surface area contributed by atoms with E-state index >= 15 is 0 Å². The van der Waals surface area contributed by atoms with Gasteiger partial charge in [0.05, 0.1) is 0 Å². The fourth-order valence-electron chi connectivity index (χ4n) is 0.0938. The van der Waals surface area contributed by atoms with Crippen LogP contribution in [0, 0.1) is 0 Å². The van der Waals surface area contributed by atoms with Gasteiger partial charge in [0.25, 0.3) is 0 Å². The first-order chi connectivity index (χ1) is 3.18. The number of rotatable bonds is 1. The van der Waals surface area contributed by atoms with Crippen molar-refractivity contribution in [3.63, 3.8) is 0 Å². The zero-order valence-electron chi connectivity index (χ0n) is 3.85. The fourth-order valence-corrected chi connectivity index (χ4v) is 1.77. The van der Waals surface area contributed by atoms with E-state index in [1.165, 1.54) is 0 Å². The molecule has 0 saturated heterocycles. The molecule has 0 spiro atoms. The van der Waals surface area contributed by atoms with Crippen molar-refractivity contribution >= 4 is 48.1 Å². The van der Waals surface area contributed by atoms with Crippen LogP contribution in [0.3, 0.4) is 0 Å². The van der Waals surface area contributed by atoms with E-state index in [2.05, 4.69) is 18.6 Å². The Balaban J connectivity index is 3.35. The van der Waals surface area contributed by atoms with Crippen LogP contribution in [-0.2, 0) is 7.48 Å². The van der Waals surface area contributed by atoms with Crippen molar-refractivity contribution in [3.05, 3.63) is 0 Å². The van der Waals surface area contributed by atoms with Crippen molar-refractivity contribution in [2.24, 2.45) is 0 Å². The Bertz CT molecular complexity index is 73.3. The van der Waals surface area contributed by atoms with Crippen LogP contribution in [0.2, 0.25) is 0 Å². The normalized spacial score (nSPS) is 12.7. The van der Waals surface area contributed by atoms with Gasteiger partial charge in [0.15, 0.2) is 0 Å². The number of alkyl halides is 1. The maximum atomic E-state index is 10.3. The van der Waals surface area contributed by atoms with E-state index in [1.807, 2.05) is 0 Å². The molecule has 0 bridgehead atoms. The van der Waals surface area contributed by atoms with Crippen LogP contribution in [0.5, 0.6) is 0 Å². The van der Waals surface area contributed by atoms with Crippen LogP contribution in [0.4, 0.5) is 0 Å². The van der Waals surface area contributed by atoms with E-state index < -0.39 is 0 Å². The van der Waals surface area contributed by atoms with E-state index in [-0.39, 0.29) is 10.8 Å². The summed E-state index contributed by atoms with van der Waals surface area (Å²) in [4.78, 5) is 10.1. The molecule has 0 N–H and O–H groups in total. The van der Waals surface area contributed by atoms with E-state index in [1.54, 1.807) is 6.92 Å². The second kappa shape index (κ2) is 3.82. The first kappa shape index (κ1) is 7.87. The van der Waals surface area contributed by atoms with Crippen LogP contribution >= 0.6 is 15.9 Å². The van der Waals surface area contributed by atoms with Gasteiger partial charge in [0, 0.05) is 0 Å². The Hall–Kier alpha value is 0.872. The molecule has 1 unspecified atom stereocenters. The average Bonchev–Trinajstić information content (AvgIpc) is 1.65. The Morgan fingerprint density at radius 2 is 2.43 bits per heavy atom. The van der Waals surface area contributed by atoms with E-state index in [0.717, 1.165) is 0 Å². The van der Waals surface area contributed by atoms with Crippen molar-refractivity contribution < 1.29 is 7.48 Å². The summed E-state index contributed by atoms with van der Waals surface area (Å²) in [5.41, 5.74) is 0. The summed E-state index contributed by atoms with van der Waals surface area (Å²) in [5, 5.41) is 0. The number of hydrogen-bond acceptors (Lipinski definition) is 2.